The van der Waals surface area contributed by atoms with E-state index in [0.29, 0.717) is 24.0 Å². The molecule has 0 radical (unpaired) electrons. The fourth-order valence-electron chi connectivity index (χ4n) is 3.01. The summed E-state index contributed by atoms with van der Waals surface area (Å²) in [6.07, 6.45) is 3.40. The van der Waals surface area contributed by atoms with Crippen molar-refractivity contribution < 1.29 is 12.8 Å². The van der Waals surface area contributed by atoms with Gasteiger partial charge in [-0.05, 0) is 74.1 Å². The van der Waals surface area contributed by atoms with Gasteiger partial charge >= 0.3 is 0 Å². The quantitative estimate of drug-likeness (QED) is 0.506. The van der Waals surface area contributed by atoms with Crippen LogP contribution in [0.2, 0.25) is 18.1 Å². The van der Waals surface area contributed by atoms with Crippen molar-refractivity contribution >= 4 is 18.3 Å². The summed E-state index contributed by atoms with van der Waals surface area (Å²) >= 11 is 0. The molecule has 154 valence electrons. The first-order valence-electron chi connectivity index (χ1n) is 9.94. The minimum atomic E-state index is -3.49. The van der Waals surface area contributed by atoms with Crippen LogP contribution in [0.3, 0.4) is 0 Å². The number of hydrogen-bond donors (Lipinski definition) is 2. The predicted octanol–water partition coefficient (Wildman–Crippen LogP) is 3.53. The Labute approximate surface area is 166 Å². The van der Waals surface area contributed by atoms with Crippen LogP contribution in [0.25, 0.3) is 0 Å². The van der Waals surface area contributed by atoms with E-state index in [-0.39, 0.29) is 5.04 Å². The van der Waals surface area contributed by atoms with Crippen molar-refractivity contribution in [1.82, 2.24) is 10.0 Å². The van der Waals surface area contributed by atoms with Gasteiger partial charge in [-0.25, -0.2) is 13.1 Å². The van der Waals surface area contributed by atoms with Crippen molar-refractivity contribution in [2.45, 2.75) is 63.1 Å². The summed E-state index contributed by atoms with van der Waals surface area (Å²) in [6.45, 7) is 13.7. The van der Waals surface area contributed by atoms with E-state index >= 15 is 0 Å². The van der Waals surface area contributed by atoms with Crippen molar-refractivity contribution in [2.24, 2.45) is 5.92 Å². The third kappa shape index (κ3) is 6.68. The zero-order valence-corrected chi connectivity index (χ0v) is 19.3. The van der Waals surface area contributed by atoms with Crippen LogP contribution in [0, 0.1) is 5.92 Å². The average Bonchev–Trinajstić information content (AvgIpc) is 2.59. The van der Waals surface area contributed by atoms with Gasteiger partial charge in [0.05, 0.1) is 4.90 Å². The standard InChI is InChI=1S/C20H36N2O3SSi/c1-20(2,3)27(4,5)25-15-14-22-26(23,24)19-8-6-17(7-9-19)16-18-10-12-21-13-11-18/h6-9,18,21-22H,10-16H2,1-5H3. The minimum absolute atomic E-state index is 0.121. The third-order valence-electron chi connectivity index (χ3n) is 5.88. The van der Waals surface area contributed by atoms with Gasteiger partial charge in [0.25, 0.3) is 0 Å². The SMILES string of the molecule is CC(C)(C)[Si](C)(C)OCCNS(=O)(=O)c1ccc(CC2CCNCC2)cc1. The minimum Gasteiger partial charge on any atom is -0.415 e. The van der Waals surface area contributed by atoms with Crippen LogP contribution < -0.4 is 10.0 Å². The van der Waals surface area contributed by atoms with Gasteiger partial charge in [-0.2, -0.15) is 0 Å². The molecule has 2 N–H and O–H groups in total. The van der Waals surface area contributed by atoms with Crippen molar-refractivity contribution in [1.29, 1.82) is 0 Å². The van der Waals surface area contributed by atoms with Crippen molar-refractivity contribution in [3.8, 4) is 0 Å². The van der Waals surface area contributed by atoms with Gasteiger partial charge in [-0.1, -0.05) is 32.9 Å². The molecule has 27 heavy (non-hydrogen) atoms. The molecule has 0 aliphatic carbocycles. The summed E-state index contributed by atoms with van der Waals surface area (Å²) < 4.78 is 33.7. The highest BCUT2D eigenvalue weighted by atomic mass is 32.2. The lowest BCUT2D eigenvalue weighted by Gasteiger charge is -2.36. The van der Waals surface area contributed by atoms with Gasteiger partial charge in [0.2, 0.25) is 10.0 Å². The largest absolute Gasteiger partial charge is 0.415 e. The third-order valence-corrected chi connectivity index (χ3v) is 11.9. The first-order valence-corrected chi connectivity index (χ1v) is 14.3. The van der Waals surface area contributed by atoms with Crippen LogP contribution in [0.5, 0.6) is 0 Å². The van der Waals surface area contributed by atoms with E-state index in [1.807, 2.05) is 12.1 Å². The number of nitrogens with one attached hydrogen (secondary N) is 2. The van der Waals surface area contributed by atoms with Crippen molar-refractivity contribution in [2.75, 3.05) is 26.2 Å². The van der Waals surface area contributed by atoms with E-state index in [1.165, 1.54) is 18.4 Å². The fraction of sp³-hybridized carbons (Fsp3) is 0.700. The zero-order chi connectivity index (χ0) is 20.1. The maximum atomic E-state index is 12.5. The Morgan fingerprint density at radius 1 is 1.15 bits per heavy atom. The Bertz CT molecular complexity index is 691. The Balaban J connectivity index is 1.85. The zero-order valence-electron chi connectivity index (χ0n) is 17.5. The van der Waals surface area contributed by atoms with Crippen LogP contribution in [0.4, 0.5) is 0 Å². The molecule has 1 aromatic rings. The molecule has 1 fully saturated rings. The molecule has 1 saturated heterocycles. The topological polar surface area (TPSA) is 67.4 Å². The monoisotopic (exact) mass is 412 g/mol. The van der Waals surface area contributed by atoms with Gasteiger partial charge in [0.15, 0.2) is 8.32 Å². The molecule has 7 heteroatoms. The van der Waals surface area contributed by atoms with Gasteiger partial charge in [-0.15, -0.1) is 0 Å². The molecule has 1 aliphatic heterocycles. The summed E-state index contributed by atoms with van der Waals surface area (Å²) in [6, 6.07) is 7.33. The lowest BCUT2D eigenvalue weighted by molar-refractivity contribution is 0.293. The Morgan fingerprint density at radius 3 is 2.30 bits per heavy atom. The molecule has 0 bridgehead atoms. The summed E-state index contributed by atoms with van der Waals surface area (Å²) in [5.74, 6) is 0.694. The highest BCUT2D eigenvalue weighted by molar-refractivity contribution is 7.89. The van der Waals surface area contributed by atoms with E-state index < -0.39 is 18.3 Å². The number of piperidine rings is 1. The van der Waals surface area contributed by atoms with Crippen LogP contribution in [0.15, 0.2) is 29.2 Å². The Kier molecular flexibility index (Phi) is 7.67. The second-order valence-corrected chi connectivity index (χ2v) is 15.6. The van der Waals surface area contributed by atoms with E-state index in [2.05, 4.69) is 43.9 Å². The highest BCUT2D eigenvalue weighted by Crippen LogP contribution is 2.36. The molecule has 2 rings (SSSR count). The summed E-state index contributed by atoms with van der Waals surface area (Å²) in [4.78, 5) is 0.323. The van der Waals surface area contributed by atoms with Crippen LogP contribution in [0.1, 0.15) is 39.2 Å². The molecular weight excluding hydrogens is 376 g/mol. The molecule has 5 nitrogen and oxygen atoms in total. The highest BCUT2D eigenvalue weighted by Gasteiger charge is 2.36. The average molecular weight is 413 g/mol. The molecule has 1 aromatic carbocycles. The summed E-state index contributed by atoms with van der Waals surface area (Å²) in [5.41, 5.74) is 1.21. The van der Waals surface area contributed by atoms with Gasteiger partial charge < -0.3 is 9.74 Å². The first kappa shape index (κ1) is 22.6. The van der Waals surface area contributed by atoms with Gasteiger partial charge in [-0.3, -0.25) is 0 Å². The van der Waals surface area contributed by atoms with E-state index in [1.54, 1.807) is 12.1 Å². The maximum Gasteiger partial charge on any atom is 0.240 e. The smallest absolute Gasteiger partial charge is 0.240 e. The van der Waals surface area contributed by atoms with Crippen LogP contribution >= 0.6 is 0 Å². The number of benzene rings is 1. The Morgan fingerprint density at radius 2 is 1.74 bits per heavy atom. The van der Waals surface area contributed by atoms with Crippen molar-refractivity contribution in [3.63, 3.8) is 0 Å². The molecule has 0 amide bonds. The van der Waals surface area contributed by atoms with Crippen LogP contribution in [-0.2, 0) is 20.9 Å². The number of rotatable bonds is 8. The second-order valence-electron chi connectivity index (χ2n) is 9.05. The lowest BCUT2D eigenvalue weighted by Crippen LogP contribution is -2.42. The summed E-state index contributed by atoms with van der Waals surface area (Å²) in [5, 5.41) is 3.50. The maximum absolute atomic E-state index is 12.5. The molecule has 0 atom stereocenters. The number of sulfonamides is 1. The number of hydrogen-bond acceptors (Lipinski definition) is 4. The molecule has 0 unspecified atom stereocenters. The normalized spacial score (nSPS) is 17.2. The van der Waals surface area contributed by atoms with Gasteiger partial charge in [0, 0.05) is 13.2 Å². The molecular formula is C20H36N2O3SSi. The molecule has 1 aliphatic rings. The fourth-order valence-corrected chi connectivity index (χ4v) is 5.06. The first-order chi connectivity index (χ1) is 12.5. The van der Waals surface area contributed by atoms with Crippen LogP contribution in [-0.4, -0.2) is 43.0 Å². The van der Waals surface area contributed by atoms with E-state index in [4.69, 9.17) is 4.43 Å². The molecule has 0 saturated carbocycles. The van der Waals surface area contributed by atoms with E-state index in [0.717, 1.165) is 19.5 Å². The van der Waals surface area contributed by atoms with Crippen molar-refractivity contribution in [3.05, 3.63) is 29.8 Å². The second kappa shape index (κ2) is 9.18. The van der Waals surface area contributed by atoms with E-state index in [9.17, 15) is 8.42 Å². The molecule has 0 aromatic heterocycles. The molecule has 1 heterocycles. The molecule has 0 spiro atoms. The predicted molar refractivity (Wildman–Crippen MR) is 114 cm³/mol. The Hall–Kier alpha value is -0.733. The van der Waals surface area contributed by atoms with Gasteiger partial charge in [0.1, 0.15) is 0 Å². The lowest BCUT2D eigenvalue weighted by atomic mass is 9.91. The summed E-state index contributed by atoms with van der Waals surface area (Å²) in [7, 11) is -5.34.